The van der Waals surface area contributed by atoms with Crippen molar-refractivity contribution >= 4 is 11.9 Å². The van der Waals surface area contributed by atoms with Gasteiger partial charge in [0.2, 0.25) is 5.95 Å². The third-order valence-corrected chi connectivity index (χ3v) is 5.67. The first kappa shape index (κ1) is 18.4. The van der Waals surface area contributed by atoms with Crippen molar-refractivity contribution in [1.29, 1.82) is 0 Å². The van der Waals surface area contributed by atoms with Gasteiger partial charge in [0.25, 0.3) is 0 Å². The summed E-state index contributed by atoms with van der Waals surface area (Å²) < 4.78 is 5.94. The van der Waals surface area contributed by atoms with Gasteiger partial charge in [0, 0.05) is 51.7 Å². The SMILES string of the molecule is CCNC(=NCCN1CCN(c2ncccn2)CC1)NC1CC2CCC1O2. The smallest absolute Gasteiger partial charge is 0.225 e. The third-order valence-electron chi connectivity index (χ3n) is 5.67. The normalized spacial score (nSPS) is 28.6. The number of rotatable bonds is 6. The average molecular weight is 374 g/mol. The Morgan fingerprint density at radius 1 is 1.22 bits per heavy atom. The number of nitrogens with one attached hydrogen (secondary N) is 2. The minimum atomic E-state index is 0.368. The Morgan fingerprint density at radius 2 is 2.04 bits per heavy atom. The van der Waals surface area contributed by atoms with Crippen molar-refractivity contribution in [2.45, 2.75) is 44.4 Å². The molecule has 0 saturated carbocycles. The van der Waals surface area contributed by atoms with E-state index in [1.54, 1.807) is 12.4 Å². The largest absolute Gasteiger partial charge is 0.373 e. The van der Waals surface area contributed by atoms with Crippen molar-refractivity contribution < 1.29 is 4.74 Å². The molecule has 3 fully saturated rings. The minimum absolute atomic E-state index is 0.368. The molecule has 4 heterocycles. The maximum Gasteiger partial charge on any atom is 0.225 e. The fraction of sp³-hybridized carbons (Fsp3) is 0.737. The van der Waals surface area contributed by atoms with Gasteiger partial charge in [0.15, 0.2) is 5.96 Å². The van der Waals surface area contributed by atoms with Crippen LogP contribution in [0.2, 0.25) is 0 Å². The van der Waals surface area contributed by atoms with Gasteiger partial charge in [-0.25, -0.2) is 9.97 Å². The van der Waals surface area contributed by atoms with Gasteiger partial charge < -0.3 is 20.3 Å². The van der Waals surface area contributed by atoms with Crippen LogP contribution >= 0.6 is 0 Å². The van der Waals surface area contributed by atoms with Crippen molar-refractivity contribution in [2.75, 3.05) is 50.7 Å². The molecule has 0 aliphatic carbocycles. The molecule has 0 radical (unpaired) electrons. The molecule has 3 aliphatic rings. The number of ether oxygens (including phenoxy) is 1. The molecule has 148 valence electrons. The van der Waals surface area contributed by atoms with Crippen molar-refractivity contribution in [3.63, 3.8) is 0 Å². The lowest BCUT2D eigenvalue weighted by Gasteiger charge is -2.34. The van der Waals surface area contributed by atoms with Crippen LogP contribution in [0.15, 0.2) is 23.5 Å². The molecule has 0 aromatic carbocycles. The van der Waals surface area contributed by atoms with E-state index in [9.17, 15) is 0 Å². The van der Waals surface area contributed by atoms with E-state index in [-0.39, 0.29) is 0 Å². The first-order chi connectivity index (χ1) is 13.3. The fourth-order valence-corrected chi connectivity index (χ4v) is 4.21. The summed E-state index contributed by atoms with van der Waals surface area (Å²) in [6.45, 7) is 8.76. The Morgan fingerprint density at radius 3 is 2.70 bits per heavy atom. The van der Waals surface area contributed by atoms with Crippen molar-refractivity contribution in [1.82, 2.24) is 25.5 Å². The monoisotopic (exact) mass is 373 g/mol. The molecule has 3 saturated heterocycles. The lowest BCUT2D eigenvalue weighted by molar-refractivity contribution is 0.0992. The summed E-state index contributed by atoms with van der Waals surface area (Å²) in [5.74, 6) is 1.76. The molecule has 8 nitrogen and oxygen atoms in total. The molecule has 1 aromatic rings. The molecule has 4 rings (SSSR count). The zero-order valence-corrected chi connectivity index (χ0v) is 16.2. The molecule has 2 bridgehead atoms. The van der Waals surface area contributed by atoms with Gasteiger partial charge in [-0.3, -0.25) is 9.89 Å². The Kier molecular flexibility index (Phi) is 6.03. The molecule has 0 amide bonds. The number of hydrogen-bond acceptors (Lipinski definition) is 6. The lowest BCUT2D eigenvalue weighted by Crippen LogP contribution is -2.49. The average Bonchev–Trinajstić information content (AvgIpc) is 3.32. The number of piperazine rings is 1. The van der Waals surface area contributed by atoms with Gasteiger partial charge >= 0.3 is 0 Å². The maximum atomic E-state index is 5.94. The van der Waals surface area contributed by atoms with Crippen LogP contribution in [0, 0.1) is 0 Å². The topological polar surface area (TPSA) is 77.9 Å². The second-order valence-corrected chi connectivity index (χ2v) is 7.50. The van der Waals surface area contributed by atoms with E-state index >= 15 is 0 Å². The zero-order valence-electron chi connectivity index (χ0n) is 16.2. The fourth-order valence-electron chi connectivity index (χ4n) is 4.21. The number of anilines is 1. The predicted molar refractivity (Wildman–Crippen MR) is 106 cm³/mol. The Labute approximate surface area is 161 Å². The summed E-state index contributed by atoms with van der Waals surface area (Å²) in [5.41, 5.74) is 0. The zero-order chi connectivity index (χ0) is 18.5. The highest BCUT2D eigenvalue weighted by molar-refractivity contribution is 5.80. The van der Waals surface area contributed by atoms with E-state index in [0.29, 0.717) is 18.2 Å². The number of nitrogens with zero attached hydrogens (tertiary/aromatic N) is 5. The first-order valence-electron chi connectivity index (χ1n) is 10.3. The molecule has 3 unspecified atom stereocenters. The van der Waals surface area contributed by atoms with Crippen LogP contribution in [0.4, 0.5) is 5.95 Å². The number of aliphatic imine (C=N–C) groups is 1. The van der Waals surface area contributed by atoms with Gasteiger partial charge in [-0.05, 0) is 32.3 Å². The van der Waals surface area contributed by atoms with Crippen LogP contribution in [0.1, 0.15) is 26.2 Å². The van der Waals surface area contributed by atoms with Crippen LogP contribution < -0.4 is 15.5 Å². The molecular weight excluding hydrogens is 342 g/mol. The summed E-state index contributed by atoms with van der Waals surface area (Å²) in [7, 11) is 0. The van der Waals surface area contributed by atoms with E-state index in [1.165, 1.54) is 12.8 Å². The molecule has 0 spiro atoms. The van der Waals surface area contributed by atoms with Gasteiger partial charge in [0.05, 0.1) is 24.8 Å². The second-order valence-electron chi connectivity index (χ2n) is 7.50. The van der Waals surface area contributed by atoms with E-state index in [0.717, 1.165) is 64.1 Å². The van der Waals surface area contributed by atoms with Crippen molar-refractivity contribution in [3.8, 4) is 0 Å². The van der Waals surface area contributed by atoms with Crippen LogP contribution in [0.5, 0.6) is 0 Å². The van der Waals surface area contributed by atoms with Gasteiger partial charge in [-0.1, -0.05) is 0 Å². The Hall–Kier alpha value is -1.93. The van der Waals surface area contributed by atoms with Crippen LogP contribution in [-0.4, -0.2) is 84.9 Å². The third kappa shape index (κ3) is 4.68. The number of fused-ring (bicyclic) bond motifs is 2. The van der Waals surface area contributed by atoms with E-state index in [1.807, 2.05) is 6.07 Å². The van der Waals surface area contributed by atoms with E-state index < -0.39 is 0 Å². The number of guanidine groups is 1. The first-order valence-corrected chi connectivity index (χ1v) is 10.3. The van der Waals surface area contributed by atoms with E-state index in [2.05, 4.69) is 37.3 Å². The predicted octanol–water partition coefficient (Wildman–Crippen LogP) is 0.474. The molecule has 1 aromatic heterocycles. The van der Waals surface area contributed by atoms with Gasteiger partial charge in [0.1, 0.15) is 0 Å². The van der Waals surface area contributed by atoms with Crippen molar-refractivity contribution in [2.24, 2.45) is 4.99 Å². The molecule has 3 aliphatic heterocycles. The van der Waals surface area contributed by atoms with Crippen LogP contribution in [-0.2, 0) is 4.74 Å². The minimum Gasteiger partial charge on any atom is -0.373 e. The van der Waals surface area contributed by atoms with Gasteiger partial charge in [-0.2, -0.15) is 0 Å². The molecule has 27 heavy (non-hydrogen) atoms. The van der Waals surface area contributed by atoms with Crippen LogP contribution in [0.25, 0.3) is 0 Å². The highest BCUT2D eigenvalue weighted by Crippen LogP contribution is 2.34. The van der Waals surface area contributed by atoms with E-state index in [4.69, 9.17) is 9.73 Å². The van der Waals surface area contributed by atoms with Crippen molar-refractivity contribution in [3.05, 3.63) is 18.5 Å². The maximum absolute atomic E-state index is 5.94. The molecular formula is C19H31N7O. The summed E-state index contributed by atoms with van der Waals surface area (Å²) in [5, 5.41) is 6.96. The summed E-state index contributed by atoms with van der Waals surface area (Å²) in [6.07, 6.45) is 7.94. The Balaban J connectivity index is 1.21. The molecule has 2 N–H and O–H groups in total. The number of hydrogen-bond donors (Lipinski definition) is 2. The van der Waals surface area contributed by atoms with Crippen LogP contribution in [0.3, 0.4) is 0 Å². The standard InChI is InChI=1S/C19H31N7O/c1-2-20-18(24-16-14-15-4-5-17(16)27-15)21-8-9-25-10-12-26(13-11-25)19-22-6-3-7-23-19/h3,6-7,15-17H,2,4-5,8-14H2,1H3,(H2,20,21,24). The highest BCUT2D eigenvalue weighted by Gasteiger charge is 2.41. The molecule has 3 atom stereocenters. The summed E-state index contributed by atoms with van der Waals surface area (Å²) in [6, 6.07) is 2.27. The van der Waals surface area contributed by atoms with Gasteiger partial charge in [-0.15, -0.1) is 0 Å². The summed E-state index contributed by atoms with van der Waals surface area (Å²) in [4.78, 5) is 18.2. The quantitative estimate of drug-likeness (QED) is 0.554. The summed E-state index contributed by atoms with van der Waals surface area (Å²) >= 11 is 0. The molecule has 8 heteroatoms. The Bertz CT molecular complexity index is 618. The lowest BCUT2D eigenvalue weighted by atomic mass is 9.96. The number of aromatic nitrogens is 2. The second kappa shape index (κ2) is 8.84. The highest BCUT2D eigenvalue weighted by atomic mass is 16.5.